The largest absolute Gasteiger partial charge is 0.454 e. The summed E-state index contributed by atoms with van der Waals surface area (Å²) < 4.78 is 5.90. The molecule has 1 amide bonds. The summed E-state index contributed by atoms with van der Waals surface area (Å²) in [6.45, 7) is 1.76. The molecule has 0 radical (unpaired) electrons. The summed E-state index contributed by atoms with van der Waals surface area (Å²) >= 11 is 12.6. The lowest BCUT2D eigenvalue weighted by molar-refractivity contribution is -0.115. The van der Waals surface area contributed by atoms with Crippen molar-refractivity contribution in [1.82, 2.24) is 0 Å². The van der Waals surface area contributed by atoms with Gasteiger partial charge in [-0.25, -0.2) is 0 Å². The van der Waals surface area contributed by atoms with E-state index in [0.717, 1.165) is 11.1 Å². The van der Waals surface area contributed by atoms with Gasteiger partial charge in [-0.05, 0) is 47.5 Å². The van der Waals surface area contributed by atoms with Gasteiger partial charge in [0.2, 0.25) is 5.91 Å². The first-order valence-electron chi connectivity index (χ1n) is 8.57. The van der Waals surface area contributed by atoms with Crippen molar-refractivity contribution in [1.29, 1.82) is 5.26 Å². The SMILES string of the molecule is CCC(=O)Nc1cc(Cl)c(Oc2cccc(-c3cccc(C#N)c3)c2)c(Cl)c1. The number of amides is 1. The number of benzene rings is 3. The van der Waals surface area contributed by atoms with Crippen LogP contribution in [0.3, 0.4) is 0 Å². The number of carbonyl (C=O) groups excluding carboxylic acids is 1. The summed E-state index contributed by atoms with van der Waals surface area (Å²) in [5.74, 6) is 0.725. The van der Waals surface area contributed by atoms with Crippen molar-refractivity contribution < 1.29 is 9.53 Å². The van der Waals surface area contributed by atoms with Gasteiger partial charge in [-0.1, -0.05) is 54.4 Å². The van der Waals surface area contributed by atoms with E-state index >= 15 is 0 Å². The Labute approximate surface area is 173 Å². The summed E-state index contributed by atoms with van der Waals surface area (Å²) in [7, 11) is 0. The number of nitriles is 1. The highest BCUT2D eigenvalue weighted by Crippen LogP contribution is 2.39. The Bertz CT molecular complexity index is 1050. The molecule has 0 bridgehead atoms. The molecule has 0 saturated carbocycles. The van der Waals surface area contributed by atoms with Crippen LogP contribution in [0, 0.1) is 11.3 Å². The second-order valence-electron chi connectivity index (χ2n) is 5.99. The molecule has 0 atom stereocenters. The van der Waals surface area contributed by atoms with E-state index in [1.54, 1.807) is 31.2 Å². The first-order chi connectivity index (χ1) is 13.5. The zero-order chi connectivity index (χ0) is 20.1. The van der Waals surface area contributed by atoms with E-state index in [2.05, 4.69) is 11.4 Å². The number of rotatable bonds is 5. The predicted octanol–water partition coefficient (Wildman–Crippen LogP) is 6.67. The Hall–Kier alpha value is -3.00. The molecule has 0 aliphatic rings. The molecule has 0 fully saturated rings. The highest BCUT2D eigenvalue weighted by atomic mass is 35.5. The Kier molecular flexibility index (Phi) is 6.20. The molecule has 0 unspecified atom stereocenters. The van der Waals surface area contributed by atoms with Crippen LogP contribution in [-0.4, -0.2) is 5.91 Å². The fraction of sp³-hybridized carbons (Fsp3) is 0.0909. The first-order valence-corrected chi connectivity index (χ1v) is 9.33. The molecule has 0 aliphatic carbocycles. The van der Waals surface area contributed by atoms with E-state index in [-0.39, 0.29) is 16.0 Å². The van der Waals surface area contributed by atoms with Crippen LogP contribution < -0.4 is 10.1 Å². The van der Waals surface area contributed by atoms with Gasteiger partial charge in [0.05, 0.1) is 21.7 Å². The van der Waals surface area contributed by atoms with Crippen LogP contribution in [0.2, 0.25) is 10.0 Å². The molecule has 3 aromatic carbocycles. The average molecular weight is 411 g/mol. The van der Waals surface area contributed by atoms with E-state index in [1.807, 2.05) is 36.4 Å². The molecule has 140 valence electrons. The third kappa shape index (κ3) is 4.64. The smallest absolute Gasteiger partial charge is 0.224 e. The van der Waals surface area contributed by atoms with Gasteiger partial charge >= 0.3 is 0 Å². The predicted molar refractivity (Wildman–Crippen MR) is 112 cm³/mol. The van der Waals surface area contributed by atoms with Gasteiger partial charge in [0.15, 0.2) is 5.75 Å². The zero-order valence-corrected chi connectivity index (χ0v) is 16.5. The van der Waals surface area contributed by atoms with Gasteiger partial charge in [-0.15, -0.1) is 0 Å². The second-order valence-corrected chi connectivity index (χ2v) is 6.81. The summed E-state index contributed by atoms with van der Waals surface area (Å²) in [5.41, 5.74) is 2.89. The number of nitrogens with one attached hydrogen (secondary N) is 1. The minimum absolute atomic E-state index is 0.131. The van der Waals surface area contributed by atoms with Crippen molar-refractivity contribution in [3.63, 3.8) is 0 Å². The molecule has 0 aromatic heterocycles. The van der Waals surface area contributed by atoms with Crippen LogP contribution in [0.5, 0.6) is 11.5 Å². The third-order valence-electron chi connectivity index (χ3n) is 3.98. The van der Waals surface area contributed by atoms with Crippen LogP contribution in [0.4, 0.5) is 5.69 Å². The molecule has 4 nitrogen and oxygen atoms in total. The van der Waals surface area contributed by atoms with Gasteiger partial charge in [0.1, 0.15) is 5.75 Å². The average Bonchev–Trinajstić information content (AvgIpc) is 2.71. The Morgan fingerprint density at radius 1 is 1.04 bits per heavy atom. The van der Waals surface area contributed by atoms with Crippen molar-refractivity contribution in [2.45, 2.75) is 13.3 Å². The van der Waals surface area contributed by atoms with Crippen molar-refractivity contribution in [3.8, 4) is 28.7 Å². The molecule has 3 rings (SSSR count). The van der Waals surface area contributed by atoms with Crippen LogP contribution in [-0.2, 0) is 4.79 Å². The van der Waals surface area contributed by atoms with E-state index < -0.39 is 0 Å². The summed E-state index contributed by atoms with van der Waals surface area (Å²) in [6, 6.07) is 20.0. The lowest BCUT2D eigenvalue weighted by Gasteiger charge is -2.13. The van der Waals surface area contributed by atoms with E-state index in [1.165, 1.54) is 0 Å². The fourth-order valence-electron chi connectivity index (χ4n) is 2.60. The maximum atomic E-state index is 11.5. The zero-order valence-electron chi connectivity index (χ0n) is 15.0. The highest BCUT2D eigenvalue weighted by molar-refractivity contribution is 6.37. The summed E-state index contributed by atoms with van der Waals surface area (Å²) in [6.07, 6.45) is 0.354. The molecular formula is C22H16Cl2N2O2. The lowest BCUT2D eigenvalue weighted by atomic mass is 10.0. The van der Waals surface area contributed by atoms with Gasteiger partial charge < -0.3 is 10.1 Å². The maximum Gasteiger partial charge on any atom is 0.224 e. The number of nitrogens with zero attached hydrogens (tertiary/aromatic N) is 1. The van der Waals surface area contributed by atoms with Crippen molar-refractivity contribution in [2.24, 2.45) is 0 Å². The molecule has 0 aliphatic heterocycles. The van der Waals surface area contributed by atoms with Crippen LogP contribution in [0.15, 0.2) is 60.7 Å². The number of carbonyl (C=O) groups is 1. The Morgan fingerprint density at radius 3 is 2.32 bits per heavy atom. The molecule has 0 spiro atoms. The molecule has 28 heavy (non-hydrogen) atoms. The van der Waals surface area contributed by atoms with Gasteiger partial charge in [0, 0.05) is 12.1 Å². The topological polar surface area (TPSA) is 62.1 Å². The first kappa shape index (κ1) is 19.8. The molecule has 1 N–H and O–H groups in total. The minimum atomic E-state index is -0.131. The van der Waals surface area contributed by atoms with Crippen molar-refractivity contribution in [3.05, 3.63) is 76.3 Å². The molecule has 3 aromatic rings. The Balaban J connectivity index is 1.88. The number of ether oxygens (including phenoxy) is 1. The summed E-state index contributed by atoms with van der Waals surface area (Å²) in [4.78, 5) is 11.5. The number of anilines is 1. The van der Waals surface area contributed by atoms with Gasteiger partial charge in [-0.3, -0.25) is 4.79 Å². The van der Waals surface area contributed by atoms with E-state index in [0.29, 0.717) is 29.2 Å². The van der Waals surface area contributed by atoms with Crippen molar-refractivity contribution in [2.75, 3.05) is 5.32 Å². The second kappa shape index (κ2) is 8.79. The summed E-state index contributed by atoms with van der Waals surface area (Å²) in [5, 5.41) is 12.4. The van der Waals surface area contributed by atoms with Gasteiger partial charge in [-0.2, -0.15) is 5.26 Å². The van der Waals surface area contributed by atoms with E-state index in [9.17, 15) is 4.79 Å². The standard InChI is InChI=1S/C22H16Cl2N2O2/c1-2-21(27)26-17-11-19(23)22(20(24)12-17)28-18-8-4-7-16(10-18)15-6-3-5-14(9-15)13-25/h3-12H,2H2,1H3,(H,26,27). The number of halogens is 2. The van der Waals surface area contributed by atoms with E-state index in [4.69, 9.17) is 33.2 Å². The highest BCUT2D eigenvalue weighted by Gasteiger charge is 2.13. The number of hydrogen-bond acceptors (Lipinski definition) is 3. The molecule has 0 heterocycles. The fourth-order valence-corrected chi connectivity index (χ4v) is 3.17. The van der Waals surface area contributed by atoms with Crippen LogP contribution in [0.1, 0.15) is 18.9 Å². The van der Waals surface area contributed by atoms with Crippen LogP contribution in [0.25, 0.3) is 11.1 Å². The molecule has 6 heteroatoms. The van der Waals surface area contributed by atoms with Crippen molar-refractivity contribution >= 4 is 34.8 Å². The Morgan fingerprint density at radius 2 is 1.68 bits per heavy atom. The normalized spacial score (nSPS) is 10.2. The monoisotopic (exact) mass is 410 g/mol. The molecular weight excluding hydrogens is 395 g/mol. The quantitative estimate of drug-likeness (QED) is 0.510. The number of hydrogen-bond donors (Lipinski definition) is 1. The minimum Gasteiger partial charge on any atom is -0.454 e. The lowest BCUT2D eigenvalue weighted by Crippen LogP contribution is -2.09. The maximum absolute atomic E-state index is 11.5. The third-order valence-corrected chi connectivity index (χ3v) is 4.54. The van der Waals surface area contributed by atoms with Gasteiger partial charge in [0.25, 0.3) is 0 Å². The van der Waals surface area contributed by atoms with Crippen LogP contribution >= 0.6 is 23.2 Å². The molecule has 0 saturated heterocycles.